The van der Waals surface area contributed by atoms with Gasteiger partial charge in [-0.1, -0.05) is 30.0 Å². The van der Waals surface area contributed by atoms with E-state index in [4.69, 9.17) is 9.47 Å². The van der Waals surface area contributed by atoms with E-state index in [9.17, 15) is 18.0 Å². The van der Waals surface area contributed by atoms with Crippen LogP contribution < -0.4 is 5.32 Å². The first kappa shape index (κ1) is 23.1. The lowest BCUT2D eigenvalue weighted by Gasteiger charge is -2.24. The highest BCUT2D eigenvalue weighted by Gasteiger charge is 2.42. The molecule has 0 saturated carbocycles. The average molecular weight is 445 g/mol. The summed E-state index contributed by atoms with van der Waals surface area (Å²) in [6.07, 6.45) is -0.324. The van der Waals surface area contributed by atoms with Crippen molar-refractivity contribution >= 4 is 22.8 Å². The van der Waals surface area contributed by atoms with Gasteiger partial charge in [-0.2, -0.15) is 13.2 Å². The van der Waals surface area contributed by atoms with Gasteiger partial charge in [0.05, 0.1) is 16.4 Å². The maximum Gasteiger partial charge on any atom is 0.416 e. The number of carbonyl (C=O) groups excluding carboxylic acids is 1. The predicted molar refractivity (Wildman–Crippen MR) is 110 cm³/mol. The van der Waals surface area contributed by atoms with Gasteiger partial charge in [0.15, 0.2) is 11.5 Å². The van der Waals surface area contributed by atoms with Crippen LogP contribution in [-0.2, 0) is 20.4 Å². The van der Waals surface area contributed by atoms with Crippen molar-refractivity contribution in [3.63, 3.8) is 0 Å². The van der Waals surface area contributed by atoms with Gasteiger partial charge >= 0.3 is 6.18 Å². The van der Waals surface area contributed by atoms with E-state index in [1.807, 2.05) is 6.92 Å². The van der Waals surface area contributed by atoms with Crippen LogP contribution >= 0.6 is 11.8 Å². The Morgan fingerprint density at radius 1 is 1.37 bits per heavy atom. The first-order valence-corrected chi connectivity index (χ1v) is 11.0. The van der Waals surface area contributed by atoms with Gasteiger partial charge in [-0.15, -0.1) is 0 Å². The van der Waals surface area contributed by atoms with Crippen LogP contribution in [0.15, 0.2) is 29.3 Å². The number of hydrogen-bond donors (Lipinski definition) is 1. The zero-order chi connectivity index (χ0) is 21.8. The van der Waals surface area contributed by atoms with E-state index in [0.29, 0.717) is 24.6 Å². The maximum absolute atomic E-state index is 13.3. The van der Waals surface area contributed by atoms with Crippen LogP contribution in [0.5, 0.6) is 0 Å². The second kappa shape index (κ2) is 9.70. The molecule has 1 aromatic rings. The van der Waals surface area contributed by atoms with Crippen LogP contribution in [0.1, 0.15) is 63.1 Å². The molecule has 0 spiro atoms. The number of nitrogens with one attached hydrogen (secondary N) is 1. The van der Waals surface area contributed by atoms with Crippen LogP contribution in [0.4, 0.5) is 13.2 Å². The smallest absolute Gasteiger partial charge is 0.353 e. The molecule has 2 saturated heterocycles. The number of aliphatic imine (C=N–C) groups is 1. The summed E-state index contributed by atoms with van der Waals surface area (Å²) in [5.41, 5.74) is -0.622. The second-order valence-corrected chi connectivity index (χ2v) is 9.24. The van der Waals surface area contributed by atoms with Crippen molar-refractivity contribution < 1.29 is 27.4 Å². The minimum Gasteiger partial charge on any atom is -0.353 e. The first-order valence-electron chi connectivity index (χ1n) is 10.2. The molecule has 1 amide bonds. The predicted octanol–water partition coefficient (Wildman–Crippen LogP) is 5.07. The molecule has 30 heavy (non-hydrogen) atoms. The number of amides is 1. The lowest BCUT2D eigenvalue weighted by Crippen LogP contribution is -2.34. The molecular formula is C21H27F3N2O3S. The number of hydrogen-bond acceptors (Lipinski definition) is 5. The number of amidine groups is 1. The lowest BCUT2D eigenvalue weighted by molar-refractivity contribution is -0.163. The zero-order valence-electron chi connectivity index (χ0n) is 17.1. The van der Waals surface area contributed by atoms with E-state index >= 15 is 0 Å². The van der Waals surface area contributed by atoms with Gasteiger partial charge in [0.25, 0.3) is 0 Å². The number of thioether (sulfide) groups is 1. The highest BCUT2D eigenvalue weighted by Crippen LogP contribution is 2.39. The summed E-state index contributed by atoms with van der Waals surface area (Å²) in [6, 6.07) is 4.65. The Morgan fingerprint density at radius 3 is 2.83 bits per heavy atom. The van der Waals surface area contributed by atoms with Gasteiger partial charge in [-0.3, -0.25) is 9.79 Å². The van der Waals surface area contributed by atoms with Crippen LogP contribution in [0.2, 0.25) is 0 Å². The summed E-state index contributed by atoms with van der Waals surface area (Å²) in [7, 11) is 0. The van der Waals surface area contributed by atoms with Gasteiger partial charge in [0.1, 0.15) is 0 Å². The van der Waals surface area contributed by atoms with E-state index in [0.717, 1.165) is 31.9 Å². The molecule has 3 rings (SSSR count). The topological polar surface area (TPSA) is 59.9 Å². The molecule has 3 atom stereocenters. The number of carbonyl (C=O) groups is 1. The second-order valence-electron chi connectivity index (χ2n) is 7.75. The summed E-state index contributed by atoms with van der Waals surface area (Å²) in [4.78, 5) is 16.9. The van der Waals surface area contributed by atoms with E-state index in [1.54, 1.807) is 13.0 Å². The minimum absolute atomic E-state index is 0.0850. The molecular weight excluding hydrogens is 417 g/mol. The number of nitrogens with zero attached hydrogens (tertiary/aromatic N) is 1. The van der Waals surface area contributed by atoms with Crippen molar-refractivity contribution in [2.24, 2.45) is 4.99 Å². The Balaban J connectivity index is 1.58. The molecule has 2 heterocycles. The summed E-state index contributed by atoms with van der Waals surface area (Å²) < 4.78 is 50.3. The van der Waals surface area contributed by atoms with Crippen molar-refractivity contribution in [3.05, 3.63) is 35.4 Å². The van der Waals surface area contributed by atoms with Crippen LogP contribution in [0.25, 0.3) is 0 Å². The number of alkyl halides is 3. The molecule has 0 radical (unpaired) electrons. The summed E-state index contributed by atoms with van der Waals surface area (Å²) >= 11 is 1.26. The Morgan fingerprint density at radius 2 is 2.13 bits per heavy atom. The molecule has 0 aromatic heterocycles. The van der Waals surface area contributed by atoms with E-state index < -0.39 is 22.5 Å². The molecule has 2 aliphatic rings. The molecule has 0 aliphatic carbocycles. The largest absolute Gasteiger partial charge is 0.416 e. The molecule has 166 valence electrons. The van der Waals surface area contributed by atoms with Gasteiger partial charge in [0, 0.05) is 13.2 Å². The first-order chi connectivity index (χ1) is 14.2. The SMILES string of the molecule is C[C@H](N=C1NC(=O)C(C)(CCCO[C@@H]2CCCCO2)S1)c1ccccc1C(F)(F)F. The van der Waals surface area contributed by atoms with Gasteiger partial charge in [0.2, 0.25) is 5.91 Å². The van der Waals surface area contributed by atoms with Crippen molar-refractivity contribution in [3.8, 4) is 0 Å². The van der Waals surface area contributed by atoms with E-state index in [2.05, 4.69) is 10.3 Å². The number of benzene rings is 1. The fraction of sp³-hybridized carbons (Fsp3) is 0.619. The third kappa shape index (κ3) is 5.76. The van der Waals surface area contributed by atoms with Crippen molar-refractivity contribution in [2.45, 2.75) is 69.2 Å². The molecule has 2 fully saturated rings. The third-order valence-electron chi connectivity index (χ3n) is 5.29. The number of rotatable bonds is 7. The van der Waals surface area contributed by atoms with Gasteiger partial charge in [-0.05, 0) is 57.6 Å². The molecule has 1 aromatic carbocycles. The molecule has 1 N–H and O–H groups in total. The van der Waals surface area contributed by atoms with Crippen molar-refractivity contribution in [2.75, 3.05) is 13.2 Å². The third-order valence-corrected chi connectivity index (χ3v) is 6.53. The maximum atomic E-state index is 13.3. The van der Waals surface area contributed by atoms with Crippen molar-refractivity contribution in [1.82, 2.24) is 5.32 Å². The monoisotopic (exact) mass is 444 g/mol. The molecule has 1 unspecified atom stereocenters. The van der Waals surface area contributed by atoms with Crippen LogP contribution in [0.3, 0.4) is 0 Å². The van der Waals surface area contributed by atoms with E-state index in [1.165, 1.54) is 23.9 Å². The Labute approximate surface area is 178 Å². The fourth-order valence-corrected chi connectivity index (χ4v) is 4.74. The molecule has 0 bridgehead atoms. The Kier molecular flexibility index (Phi) is 7.47. The van der Waals surface area contributed by atoms with Crippen LogP contribution in [0, 0.1) is 0 Å². The standard InChI is InChI=1S/C21H27F3N2O3S/c1-14(15-8-3-4-9-16(15)21(22,23)24)25-19-26-18(27)20(2,30-19)11-7-13-29-17-10-5-6-12-28-17/h3-4,8-9,14,17H,5-7,10-13H2,1-2H3,(H,25,26,27)/t14-,17+,20?/m0/s1. The van der Waals surface area contributed by atoms with E-state index in [-0.39, 0.29) is 17.8 Å². The highest BCUT2D eigenvalue weighted by molar-refractivity contribution is 8.16. The van der Waals surface area contributed by atoms with Gasteiger partial charge < -0.3 is 14.8 Å². The molecule has 5 nitrogen and oxygen atoms in total. The molecule has 2 aliphatic heterocycles. The Hall–Kier alpha value is -1.58. The highest BCUT2D eigenvalue weighted by atomic mass is 32.2. The summed E-state index contributed by atoms with van der Waals surface area (Å²) in [6.45, 7) is 4.63. The average Bonchev–Trinajstić information content (AvgIpc) is 2.99. The zero-order valence-corrected chi connectivity index (χ0v) is 17.9. The fourth-order valence-electron chi connectivity index (χ4n) is 3.57. The normalized spacial score (nSPS) is 27.3. The summed E-state index contributed by atoms with van der Waals surface area (Å²) in [5.74, 6) is -0.184. The number of halogens is 3. The van der Waals surface area contributed by atoms with Crippen LogP contribution in [-0.4, -0.2) is 35.3 Å². The lowest BCUT2D eigenvalue weighted by atomic mass is 10.0. The van der Waals surface area contributed by atoms with Crippen molar-refractivity contribution in [1.29, 1.82) is 0 Å². The summed E-state index contributed by atoms with van der Waals surface area (Å²) in [5, 5.41) is 3.07. The number of ether oxygens (including phenoxy) is 2. The molecule has 9 heteroatoms. The van der Waals surface area contributed by atoms with Gasteiger partial charge in [-0.25, -0.2) is 0 Å². The quantitative estimate of drug-likeness (QED) is 0.597. The Bertz CT molecular complexity index is 781. The minimum atomic E-state index is -4.45.